The minimum Gasteiger partial charge on any atom is -0.491 e. The summed E-state index contributed by atoms with van der Waals surface area (Å²) in [7, 11) is 0. The molecular weight excluding hydrogens is 390 g/mol. The standard InChI is InChI=1S/C26H29NO4/c28-22(20-30-23-7-3-1-4-8-23)19-27-17-15-26(29,16-18-27)21-11-13-25(14-12-21)31-24-9-5-2-6-10-24/h1-14,22,28-29H,15-20H2. The van der Waals surface area contributed by atoms with Crippen molar-refractivity contribution in [3.8, 4) is 17.2 Å². The molecule has 1 heterocycles. The number of nitrogens with zero attached hydrogens (tertiary/aromatic N) is 1. The third-order valence-electron chi connectivity index (χ3n) is 5.71. The molecule has 3 aromatic carbocycles. The minimum atomic E-state index is -0.854. The Bertz CT molecular complexity index is 923. The Balaban J connectivity index is 1.26. The van der Waals surface area contributed by atoms with Gasteiger partial charge in [-0.2, -0.15) is 0 Å². The van der Waals surface area contributed by atoms with Crippen LogP contribution in [0.1, 0.15) is 18.4 Å². The second kappa shape index (κ2) is 9.96. The monoisotopic (exact) mass is 419 g/mol. The normalized spacial score (nSPS) is 17.1. The van der Waals surface area contributed by atoms with Crippen LogP contribution in [0, 0.1) is 0 Å². The molecule has 1 atom stereocenters. The van der Waals surface area contributed by atoms with Gasteiger partial charge in [-0.25, -0.2) is 0 Å². The third-order valence-corrected chi connectivity index (χ3v) is 5.71. The van der Waals surface area contributed by atoms with Crippen molar-refractivity contribution in [3.63, 3.8) is 0 Å². The summed E-state index contributed by atoms with van der Waals surface area (Å²) in [5.41, 5.74) is 0.0494. The Hall–Kier alpha value is -2.86. The molecule has 0 aromatic heterocycles. The highest BCUT2D eigenvalue weighted by molar-refractivity contribution is 5.35. The SMILES string of the molecule is OC(COc1ccccc1)CN1CCC(O)(c2ccc(Oc3ccccc3)cc2)CC1. The van der Waals surface area contributed by atoms with E-state index in [1.807, 2.05) is 84.9 Å². The Kier molecular flexibility index (Phi) is 6.87. The lowest BCUT2D eigenvalue weighted by molar-refractivity contribution is -0.0372. The van der Waals surface area contributed by atoms with E-state index < -0.39 is 11.7 Å². The molecule has 1 fully saturated rings. The minimum absolute atomic E-state index is 0.258. The van der Waals surface area contributed by atoms with Gasteiger partial charge in [-0.1, -0.05) is 48.5 Å². The van der Waals surface area contributed by atoms with Crippen LogP contribution >= 0.6 is 0 Å². The van der Waals surface area contributed by atoms with Gasteiger partial charge in [0.25, 0.3) is 0 Å². The van der Waals surface area contributed by atoms with Gasteiger partial charge in [0.05, 0.1) is 5.60 Å². The van der Waals surface area contributed by atoms with Crippen LogP contribution in [-0.4, -0.2) is 47.5 Å². The number of para-hydroxylation sites is 2. The van der Waals surface area contributed by atoms with Crippen LogP contribution in [0.5, 0.6) is 17.2 Å². The number of piperidine rings is 1. The van der Waals surface area contributed by atoms with Gasteiger partial charge in [-0.15, -0.1) is 0 Å². The number of aliphatic hydroxyl groups is 2. The predicted molar refractivity (Wildman–Crippen MR) is 120 cm³/mol. The van der Waals surface area contributed by atoms with E-state index in [2.05, 4.69) is 4.90 Å². The van der Waals surface area contributed by atoms with Gasteiger partial charge in [0.15, 0.2) is 0 Å². The fourth-order valence-electron chi connectivity index (χ4n) is 3.91. The van der Waals surface area contributed by atoms with Crippen molar-refractivity contribution in [1.82, 2.24) is 4.90 Å². The van der Waals surface area contributed by atoms with E-state index in [0.29, 0.717) is 19.4 Å². The summed E-state index contributed by atoms with van der Waals surface area (Å²) in [5.74, 6) is 2.30. The zero-order valence-electron chi connectivity index (χ0n) is 17.6. The zero-order chi connectivity index (χ0) is 21.5. The van der Waals surface area contributed by atoms with Gasteiger partial charge in [-0.05, 0) is 54.8 Å². The smallest absolute Gasteiger partial charge is 0.127 e. The van der Waals surface area contributed by atoms with Gasteiger partial charge in [0.1, 0.15) is 30.0 Å². The predicted octanol–water partition coefficient (Wildman–Crippen LogP) is 4.20. The number of aliphatic hydroxyl groups excluding tert-OH is 1. The van der Waals surface area contributed by atoms with Crippen LogP contribution < -0.4 is 9.47 Å². The van der Waals surface area contributed by atoms with E-state index in [1.54, 1.807) is 0 Å². The Labute approximate surface area is 183 Å². The number of hydrogen-bond acceptors (Lipinski definition) is 5. The summed E-state index contributed by atoms with van der Waals surface area (Å²) in [6, 6.07) is 26.8. The molecule has 4 rings (SSSR count). The zero-order valence-corrected chi connectivity index (χ0v) is 17.6. The molecule has 5 nitrogen and oxygen atoms in total. The quantitative estimate of drug-likeness (QED) is 0.573. The van der Waals surface area contributed by atoms with E-state index in [-0.39, 0.29) is 6.61 Å². The molecule has 162 valence electrons. The van der Waals surface area contributed by atoms with Crippen molar-refractivity contribution in [3.05, 3.63) is 90.5 Å². The van der Waals surface area contributed by atoms with E-state index in [9.17, 15) is 10.2 Å². The van der Waals surface area contributed by atoms with Crippen molar-refractivity contribution >= 4 is 0 Å². The first-order valence-electron chi connectivity index (χ1n) is 10.7. The molecule has 0 saturated carbocycles. The summed E-state index contributed by atoms with van der Waals surface area (Å²) in [6.07, 6.45) is 0.678. The molecule has 0 bridgehead atoms. The van der Waals surface area contributed by atoms with Crippen molar-refractivity contribution in [1.29, 1.82) is 0 Å². The van der Waals surface area contributed by atoms with Crippen LogP contribution in [0.3, 0.4) is 0 Å². The van der Waals surface area contributed by atoms with E-state index in [1.165, 1.54) is 0 Å². The van der Waals surface area contributed by atoms with Crippen LogP contribution in [-0.2, 0) is 5.60 Å². The van der Waals surface area contributed by atoms with Crippen molar-refractivity contribution in [2.45, 2.75) is 24.5 Å². The second-order valence-corrected chi connectivity index (χ2v) is 8.05. The van der Waals surface area contributed by atoms with Gasteiger partial charge in [0, 0.05) is 19.6 Å². The van der Waals surface area contributed by atoms with Crippen LogP contribution in [0.4, 0.5) is 0 Å². The van der Waals surface area contributed by atoms with Crippen molar-refractivity contribution in [2.24, 2.45) is 0 Å². The van der Waals surface area contributed by atoms with Crippen molar-refractivity contribution in [2.75, 3.05) is 26.2 Å². The molecule has 0 aliphatic carbocycles. The molecule has 3 aromatic rings. The third kappa shape index (κ3) is 5.85. The molecule has 1 saturated heterocycles. The van der Waals surface area contributed by atoms with Crippen LogP contribution in [0.2, 0.25) is 0 Å². The number of benzene rings is 3. The summed E-state index contributed by atoms with van der Waals surface area (Å²) in [6.45, 7) is 2.24. The first-order valence-corrected chi connectivity index (χ1v) is 10.7. The highest BCUT2D eigenvalue weighted by Crippen LogP contribution is 2.34. The van der Waals surface area contributed by atoms with Gasteiger partial charge in [0.2, 0.25) is 0 Å². The van der Waals surface area contributed by atoms with Gasteiger partial charge >= 0.3 is 0 Å². The number of β-amino-alcohol motifs (C(OH)–C–C–N with tert-alkyl or cyclic N) is 1. The van der Waals surface area contributed by atoms with Crippen LogP contribution in [0.15, 0.2) is 84.9 Å². The van der Waals surface area contributed by atoms with E-state index in [4.69, 9.17) is 9.47 Å². The maximum Gasteiger partial charge on any atom is 0.127 e. The van der Waals surface area contributed by atoms with Gasteiger partial charge in [-0.3, -0.25) is 0 Å². The lowest BCUT2D eigenvalue weighted by Gasteiger charge is -2.39. The number of hydrogen-bond donors (Lipinski definition) is 2. The Morgan fingerprint density at radius 1 is 0.774 bits per heavy atom. The van der Waals surface area contributed by atoms with Gasteiger partial charge < -0.3 is 24.6 Å². The molecule has 1 aliphatic rings. The fraction of sp³-hybridized carbons (Fsp3) is 0.308. The van der Waals surface area contributed by atoms with Crippen LogP contribution in [0.25, 0.3) is 0 Å². The van der Waals surface area contributed by atoms with E-state index in [0.717, 1.165) is 35.9 Å². The highest BCUT2D eigenvalue weighted by Gasteiger charge is 2.34. The lowest BCUT2D eigenvalue weighted by atomic mass is 9.84. The fourth-order valence-corrected chi connectivity index (χ4v) is 3.91. The lowest BCUT2D eigenvalue weighted by Crippen LogP contribution is -2.46. The molecule has 0 spiro atoms. The Morgan fingerprint density at radius 3 is 1.94 bits per heavy atom. The largest absolute Gasteiger partial charge is 0.491 e. The first-order chi connectivity index (χ1) is 15.1. The maximum atomic E-state index is 11.2. The molecule has 0 amide bonds. The highest BCUT2D eigenvalue weighted by atomic mass is 16.5. The molecule has 1 unspecified atom stereocenters. The molecule has 31 heavy (non-hydrogen) atoms. The average molecular weight is 420 g/mol. The summed E-state index contributed by atoms with van der Waals surface area (Å²) < 4.78 is 11.5. The number of ether oxygens (including phenoxy) is 2. The van der Waals surface area contributed by atoms with Crippen molar-refractivity contribution < 1.29 is 19.7 Å². The molecule has 0 radical (unpaired) electrons. The topological polar surface area (TPSA) is 62.2 Å². The summed E-state index contributed by atoms with van der Waals surface area (Å²) in [5, 5.41) is 21.5. The molecule has 2 N–H and O–H groups in total. The molecule has 1 aliphatic heterocycles. The second-order valence-electron chi connectivity index (χ2n) is 8.05. The summed E-state index contributed by atoms with van der Waals surface area (Å²) in [4.78, 5) is 2.18. The molecular formula is C26H29NO4. The molecule has 5 heteroatoms. The maximum absolute atomic E-state index is 11.2. The first kappa shape index (κ1) is 21.4. The number of likely N-dealkylation sites (tertiary alicyclic amines) is 1. The number of rotatable bonds is 8. The summed E-state index contributed by atoms with van der Waals surface area (Å²) >= 11 is 0. The average Bonchev–Trinajstić information content (AvgIpc) is 2.81. The van der Waals surface area contributed by atoms with E-state index >= 15 is 0 Å². The Morgan fingerprint density at radius 2 is 1.32 bits per heavy atom.